The van der Waals surface area contributed by atoms with Crippen molar-refractivity contribution in [3.63, 3.8) is 0 Å². The molecule has 0 aliphatic heterocycles. The highest BCUT2D eigenvalue weighted by Gasteiger charge is 2.17. The minimum absolute atomic E-state index is 0.0831. The summed E-state index contributed by atoms with van der Waals surface area (Å²) in [5.74, 6) is 1.90. The van der Waals surface area contributed by atoms with E-state index in [0.29, 0.717) is 28.5 Å². The third-order valence-corrected chi connectivity index (χ3v) is 5.24. The lowest BCUT2D eigenvalue weighted by Gasteiger charge is -2.26. The molecule has 1 aromatic heterocycles. The fourth-order valence-corrected chi connectivity index (χ4v) is 3.61. The van der Waals surface area contributed by atoms with Crippen LogP contribution in [0, 0.1) is 11.3 Å². The van der Waals surface area contributed by atoms with E-state index in [-0.39, 0.29) is 12.3 Å². The Kier molecular flexibility index (Phi) is 6.81. The number of ether oxygens (including phenoxy) is 2. The molecule has 35 heavy (non-hydrogen) atoms. The van der Waals surface area contributed by atoms with E-state index in [1.165, 1.54) is 24.8 Å². The van der Waals surface area contributed by atoms with Crippen LogP contribution in [0.4, 0.5) is 5.69 Å². The van der Waals surface area contributed by atoms with Crippen molar-refractivity contribution >= 4 is 16.0 Å². The third-order valence-electron chi connectivity index (χ3n) is 4.82. The number of benzene rings is 3. The number of nitrogens with two attached hydrogens (primary N) is 1. The topological polar surface area (TPSA) is 146 Å². The number of nitriles is 1. The molecule has 2 N–H and O–H groups in total. The van der Waals surface area contributed by atoms with Gasteiger partial charge >= 0.3 is 10.3 Å². The molecule has 0 aliphatic rings. The number of rotatable bonds is 9. The largest absolute Gasteiger partial charge is 0.497 e. The molecule has 12 heteroatoms. The van der Waals surface area contributed by atoms with Crippen molar-refractivity contribution in [3.05, 3.63) is 90.5 Å². The summed E-state index contributed by atoms with van der Waals surface area (Å²) in [4.78, 5) is 0. The number of nitrogens with zero attached hydrogens (tertiary/aromatic N) is 5. The van der Waals surface area contributed by atoms with Crippen molar-refractivity contribution in [2.24, 2.45) is 5.14 Å². The molecule has 0 aliphatic carbocycles. The number of methoxy groups -OCH3 is 1. The average molecular weight is 493 g/mol. The molecule has 0 spiro atoms. The van der Waals surface area contributed by atoms with Crippen molar-refractivity contribution < 1.29 is 22.1 Å². The van der Waals surface area contributed by atoms with Crippen LogP contribution >= 0.6 is 0 Å². The molecule has 1 heterocycles. The summed E-state index contributed by atoms with van der Waals surface area (Å²) < 4.78 is 39.8. The molecule has 0 saturated carbocycles. The molecule has 4 rings (SSSR count). The van der Waals surface area contributed by atoms with Crippen LogP contribution in [0.3, 0.4) is 0 Å². The maximum Gasteiger partial charge on any atom is 0.380 e. The first-order chi connectivity index (χ1) is 16.8. The number of hydrogen-bond donors (Lipinski definition) is 1. The summed E-state index contributed by atoms with van der Waals surface area (Å²) in [7, 11) is -2.54. The van der Waals surface area contributed by atoms with Gasteiger partial charge in [0.15, 0.2) is 0 Å². The van der Waals surface area contributed by atoms with Crippen LogP contribution in [-0.2, 0) is 16.8 Å². The molecule has 178 valence electrons. The maximum atomic E-state index is 11.2. The Bertz CT molecular complexity index is 1430. The molecule has 0 amide bonds. The van der Waals surface area contributed by atoms with E-state index in [4.69, 9.17) is 14.6 Å². The average Bonchev–Trinajstić information content (AvgIpc) is 3.38. The zero-order chi connectivity index (χ0) is 24.8. The van der Waals surface area contributed by atoms with E-state index >= 15 is 0 Å². The van der Waals surface area contributed by atoms with Crippen LogP contribution in [0.5, 0.6) is 23.0 Å². The Morgan fingerprint density at radius 1 is 0.943 bits per heavy atom. The van der Waals surface area contributed by atoms with Gasteiger partial charge in [-0.2, -0.15) is 18.8 Å². The highest BCUT2D eigenvalue weighted by molar-refractivity contribution is 7.84. The van der Waals surface area contributed by atoms with E-state index in [0.717, 1.165) is 5.56 Å². The SMILES string of the molecule is COc1ccc(Oc2ccc(C#N)c(N(Cc3ccc(OS(N)(=O)=O)cc3)n3cnnc3)c2)cc1. The maximum absolute atomic E-state index is 11.2. The summed E-state index contributed by atoms with van der Waals surface area (Å²) >= 11 is 0. The summed E-state index contributed by atoms with van der Waals surface area (Å²) in [6.45, 7) is 0.286. The van der Waals surface area contributed by atoms with Crippen LogP contribution in [0.2, 0.25) is 0 Å². The third kappa shape index (κ3) is 6.05. The molecule has 11 nitrogen and oxygen atoms in total. The second-order valence-corrected chi connectivity index (χ2v) is 8.34. The Balaban J connectivity index is 1.65. The van der Waals surface area contributed by atoms with Gasteiger partial charge in [-0.05, 0) is 54.1 Å². The van der Waals surface area contributed by atoms with Gasteiger partial charge in [0.1, 0.15) is 41.7 Å². The number of aromatic nitrogens is 3. The lowest BCUT2D eigenvalue weighted by molar-refractivity contribution is 0.413. The van der Waals surface area contributed by atoms with Gasteiger partial charge in [-0.1, -0.05) is 12.1 Å². The second-order valence-electron chi connectivity index (χ2n) is 7.19. The van der Waals surface area contributed by atoms with E-state index in [9.17, 15) is 13.7 Å². The van der Waals surface area contributed by atoms with Gasteiger partial charge in [-0.3, -0.25) is 5.01 Å². The number of hydrogen-bond acceptors (Lipinski definition) is 9. The zero-order valence-electron chi connectivity index (χ0n) is 18.5. The fourth-order valence-electron chi connectivity index (χ4n) is 3.23. The van der Waals surface area contributed by atoms with Crippen LogP contribution in [0.15, 0.2) is 79.4 Å². The molecule has 0 radical (unpaired) electrons. The van der Waals surface area contributed by atoms with Crippen molar-refractivity contribution in [3.8, 4) is 29.1 Å². The standard InChI is InChI=1S/C23H20N6O5S/c1-32-19-8-10-20(11-9-19)33-22-7-4-18(13-24)23(12-22)29(28-15-26-27-16-28)14-17-2-5-21(6-3-17)34-35(25,30)31/h2-12,15-16H,14H2,1H3,(H2,25,30,31). The van der Waals surface area contributed by atoms with Gasteiger partial charge in [-0.25, -0.2) is 4.68 Å². The molecule has 3 aromatic carbocycles. The summed E-state index contributed by atoms with van der Waals surface area (Å²) in [5.41, 5.74) is 1.73. The predicted molar refractivity (Wildman–Crippen MR) is 126 cm³/mol. The Morgan fingerprint density at radius 3 is 2.14 bits per heavy atom. The van der Waals surface area contributed by atoms with Gasteiger partial charge in [0.25, 0.3) is 0 Å². The quantitative estimate of drug-likeness (QED) is 0.372. The lowest BCUT2D eigenvalue weighted by Crippen LogP contribution is -2.28. The monoisotopic (exact) mass is 492 g/mol. The first-order valence-electron chi connectivity index (χ1n) is 10.1. The minimum Gasteiger partial charge on any atom is -0.497 e. The summed E-state index contributed by atoms with van der Waals surface area (Å²) in [5, 5.41) is 24.2. The van der Waals surface area contributed by atoms with Crippen molar-refractivity contribution in [2.45, 2.75) is 6.54 Å². The van der Waals surface area contributed by atoms with E-state index in [1.54, 1.807) is 71.4 Å². The van der Waals surface area contributed by atoms with Crippen LogP contribution in [0.25, 0.3) is 0 Å². The van der Waals surface area contributed by atoms with Gasteiger partial charge in [0.05, 0.1) is 24.9 Å². The summed E-state index contributed by atoms with van der Waals surface area (Å²) in [6.07, 6.45) is 2.99. The van der Waals surface area contributed by atoms with Crippen molar-refractivity contribution in [1.82, 2.24) is 14.9 Å². The predicted octanol–water partition coefficient (Wildman–Crippen LogP) is 3.00. The van der Waals surface area contributed by atoms with Gasteiger partial charge in [0, 0.05) is 6.07 Å². The second kappa shape index (κ2) is 10.1. The smallest absolute Gasteiger partial charge is 0.380 e. The highest BCUT2D eigenvalue weighted by Crippen LogP contribution is 2.31. The van der Waals surface area contributed by atoms with Crippen molar-refractivity contribution in [1.29, 1.82) is 5.26 Å². The van der Waals surface area contributed by atoms with Crippen LogP contribution in [-0.4, -0.2) is 30.4 Å². The minimum atomic E-state index is -4.12. The first-order valence-corrected chi connectivity index (χ1v) is 11.6. The fraction of sp³-hybridized carbons (Fsp3) is 0.0870. The van der Waals surface area contributed by atoms with E-state index in [2.05, 4.69) is 20.4 Å². The van der Waals surface area contributed by atoms with Crippen molar-refractivity contribution in [2.75, 3.05) is 12.1 Å². The zero-order valence-corrected chi connectivity index (χ0v) is 19.3. The van der Waals surface area contributed by atoms with Crippen LogP contribution in [0.1, 0.15) is 11.1 Å². The lowest BCUT2D eigenvalue weighted by atomic mass is 10.1. The molecular weight excluding hydrogens is 472 g/mol. The molecule has 0 saturated heterocycles. The number of anilines is 1. The highest BCUT2D eigenvalue weighted by atomic mass is 32.2. The van der Waals surface area contributed by atoms with E-state index < -0.39 is 10.3 Å². The molecular formula is C23H20N6O5S. The Morgan fingerprint density at radius 2 is 1.54 bits per heavy atom. The van der Waals surface area contributed by atoms with Crippen LogP contribution < -0.4 is 23.8 Å². The first kappa shape index (κ1) is 23.6. The normalized spacial score (nSPS) is 10.9. The summed E-state index contributed by atoms with van der Waals surface area (Å²) in [6, 6.07) is 20.8. The Labute approximate surface area is 201 Å². The molecule has 0 atom stereocenters. The van der Waals surface area contributed by atoms with Gasteiger partial charge < -0.3 is 13.7 Å². The van der Waals surface area contributed by atoms with Gasteiger partial charge in [-0.15, -0.1) is 10.2 Å². The molecule has 0 bridgehead atoms. The Hall–Kier alpha value is -4.60. The van der Waals surface area contributed by atoms with Gasteiger partial charge in [0.2, 0.25) is 0 Å². The molecule has 0 fully saturated rings. The molecule has 4 aromatic rings. The molecule has 0 unspecified atom stereocenters. The van der Waals surface area contributed by atoms with E-state index in [1.807, 2.05) is 0 Å².